The van der Waals surface area contributed by atoms with Crippen LogP contribution < -0.4 is 4.57 Å². The average Bonchev–Trinajstić information content (AvgIpc) is 3.27. The predicted octanol–water partition coefficient (Wildman–Crippen LogP) is 11.1. The molecule has 0 spiro atoms. The van der Waals surface area contributed by atoms with Crippen molar-refractivity contribution in [2.24, 2.45) is 0 Å². The van der Waals surface area contributed by atoms with Crippen LogP contribution in [-0.4, -0.2) is 4.57 Å². The summed E-state index contributed by atoms with van der Waals surface area (Å²) >= 11 is 0. The predicted molar refractivity (Wildman–Crippen MR) is 161 cm³/mol. The summed E-state index contributed by atoms with van der Waals surface area (Å²) in [7, 11) is 0. The van der Waals surface area contributed by atoms with Gasteiger partial charge in [0, 0.05) is 6.42 Å². The molecule has 0 aromatic carbocycles. The van der Waals surface area contributed by atoms with Gasteiger partial charge in [-0.1, -0.05) is 156 Å². The Morgan fingerprint density at radius 2 is 0.861 bits per heavy atom. The Kier molecular flexibility index (Phi) is 23.9. The van der Waals surface area contributed by atoms with Crippen molar-refractivity contribution in [2.45, 2.75) is 201 Å². The number of aromatic nitrogens is 2. The number of imidazole rings is 1. The van der Waals surface area contributed by atoms with E-state index in [2.05, 4.69) is 42.3 Å². The third-order valence-electron chi connectivity index (χ3n) is 8.10. The molecule has 0 N–H and O–H groups in total. The van der Waals surface area contributed by atoms with Crippen LogP contribution in [0.5, 0.6) is 0 Å². The number of unbranched alkanes of at least 4 members (excludes halogenated alkanes) is 22. The molecule has 0 amide bonds. The number of rotatable bonds is 28. The topological polar surface area (TPSA) is 8.81 Å². The first-order chi connectivity index (χ1) is 17.8. The highest BCUT2D eigenvalue weighted by atomic mass is 15.1. The molecule has 0 aliphatic rings. The van der Waals surface area contributed by atoms with Gasteiger partial charge in [-0.25, -0.2) is 9.13 Å². The van der Waals surface area contributed by atoms with E-state index in [0.29, 0.717) is 0 Å². The molecule has 0 aliphatic heterocycles. The Balaban J connectivity index is 2.16. The molecule has 0 saturated carbocycles. The molecule has 0 aliphatic carbocycles. The molecule has 1 heterocycles. The molecule has 1 rings (SSSR count). The van der Waals surface area contributed by atoms with E-state index in [1.54, 1.807) is 5.82 Å². The van der Waals surface area contributed by atoms with Gasteiger partial charge in [0.05, 0.1) is 13.1 Å². The zero-order chi connectivity index (χ0) is 25.9. The normalized spacial score (nSPS) is 11.5. The zero-order valence-electron chi connectivity index (χ0n) is 25.3. The summed E-state index contributed by atoms with van der Waals surface area (Å²) in [5.41, 5.74) is 0. The molecule has 0 bridgehead atoms. The van der Waals surface area contributed by atoms with Crippen LogP contribution >= 0.6 is 0 Å². The van der Waals surface area contributed by atoms with Gasteiger partial charge in [-0.05, 0) is 25.7 Å². The molecule has 2 nitrogen and oxygen atoms in total. The Bertz CT molecular complexity index is 562. The highest BCUT2D eigenvalue weighted by Gasteiger charge is 2.16. The molecule has 0 saturated heterocycles. The summed E-state index contributed by atoms with van der Waals surface area (Å²) < 4.78 is 5.17. The lowest BCUT2D eigenvalue weighted by molar-refractivity contribution is -0.704. The Labute approximate surface area is 228 Å². The third-order valence-corrected chi connectivity index (χ3v) is 8.10. The van der Waals surface area contributed by atoms with Crippen LogP contribution in [0.1, 0.15) is 187 Å². The first kappa shape index (κ1) is 33.2. The van der Waals surface area contributed by atoms with E-state index in [1.165, 1.54) is 180 Å². The van der Waals surface area contributed by atoms with Gasteiger partial charge in [-0.2, -0.15) is 0 Å². The summed E-state index contributed by atoms with van der Waals surface area (Å²) in [6.45, 7) is 9.36. The fourth-order valence-corrected chi connectivity index (χ4v) is 5.59. The van der Waals surface area contributed by atoms with E-state index < -0.39 is 0 Å². The molecule has 36 heavy (non-hydrogen) atoms. The quantitative estimate of drug-likeness (QED) is 0.0794. The van der Waals surface area contributed by atoms with Gasteiger partial charge in [0.25, 0.3) is 5.82 Å². The largest absolute Gasteiger partial charge is 0.256 e. The van der Waals surface area contributed by atoms with Crippen molar-refractivity contribution in [3.05, 3.63) is 18.2 Å². The van der Waals surface area contributed by atoms with Crippen molar-refractivity contribution in [2.75, 3.05) is 0 Å². The third kappa shape index (κ3) is 18.5. The van der Waals surface area contributed by atoms with E-state index in [-0.39, 0.29) is 0 Å². The lowest BCUT2D eigenvalue weighted by Gasteiger charge is -2.07. The maximum absolute atomic E-state index is 2.60. The summed E-state index contributed by atoms with van der Waals surface area (Å²) in [6.07, 6.45) is 41.5. The summed E-state index contributed by atoms with van der Waals surface area (Å²) in [4.78, 5) is 0. The van der Waals surface area contributed by atoms with Crippen LogP contribution in [0.3, 0.4) is 0 Å². The number of aryl methyl sites for hydroxylation is 2. The minimum atomic E-state index is 1.20. The molecule has 0 atom stereocenters. The smallest absolute Gasteiger partial charge is 0.234 e. The number of hydrogen-bond donors (Lipinski definition) is 0. The lowest BCUT2D eigenvalue weighted by Crippen LogP contribution is -2.37. The standard InChI is InChI=1S/C34H67N2/c1-4-7-10-12-14-16-18-20-22-24-26-28-31-36-33-32-35(30-9-6-3)34(36)29-27-25-23-21-19-17-15-13-11-8-5-2/h32-33H,4-31H2,1-3H3/q+1. The first-order valence-corrected chi connectivity index (χ1v) is 16.9. The summed E-state index contributed by atoms with van der Waals surface area (Å²) in [6, 6.07) is 0. The van der Waals surface area contributed by atoms with Gasteiger partial charge < -0.3 is 0 Å². The van der Waals surface area contributed by atoms with Crippen LogP contribution in [0.25, 0.3) is 0 Å². The van der Waals surface area contributed by atoms with Crippen LogP contribution in [0.15, 0.2) is 12.4 Å². The first-order valence-electron chi connectivity index (χ1n) is 16.9. The monoisotopic (exact) mass is 504 g/mol. The van der Waals surface area contributed by atoms with Crippen molar-refractivity contribution < 1.29 is 4.57 Å². The molecule has 0 radical (unpaired) electrons. The highest BCUT2D eigenvalue weighted by molar-refractivity contribution is 4.84. The molecular weight excluding hydrogens is 436 g/mol. The Hall–Kier alpha value is -0.790. The summed E-state index contributed by atoms with van der Waals surface area (Å²) in [5.74, 6) is 1.60. The van der Waals surface area contributed by atoms with Gasteiger partial charge in [0.1, 0.15) is 12.4 Å². The number of nitrogens with zero attached hydrogens (tertiary/aromatic N) is 2. The number of hydrogen-bond acceptors (Lipinski definition) is 0. The van der Waals surface area contributed by atoms with Crippen LogP contribution in [0.4, 0.5) is 0 Å². The maximum Gasteiger partial charge on any atom is 0.256 e. The molecule has 212 valence electrons. The van der Waals surface area contributed by atoms with E-state index in [1.807, 2.05) is 0 Å². The second-order valence-corrected chi connectivity index (χ2v) is 11.6. The zero-order valence-corrected chi connectivity index (χ0v) is 25.3. The minimum Gasteiger partial charge on any atom is -0.234 e. The van der Waals surface area contributed by atoms with Gasteiger partial charge >= 0.3 is 0 Å². The fourth-order valence-electron chi connectivity index (χ4n) is 5.59. The van der Waals surface area contributed by atoms with Crippen molar-refractivity contribution >= 4 is 0 Å². The van der Waals surface area contributed by atoms with Crippen LogP contribution in [-0.2, 0) is 19.5 Å². The Morgan fingerprint density at radius 1 is 0.472 bits per heavy atom. The van der Waals surface area contributed by atoms with E-state index in [9.17, 15) is 0 Å². The van der Waals surface area contributed by atoms with Gasteiger partial charge in [-0.15, -0.1) is 0 Å². The van der Waals surface area contributed by atoms with E-state index >= 15 is 0 Å². The molecular formula is C34H67N2+. The van der Waals surface area contributed by atoms with Crippen molar-refractivity contribution in [3.8, 4) is 0 Å². The van der Waals surface area contributed by atoms with Crippen molar-refractivity contribution in [1.29, 1.82) is 0 Å². The molecule has 1 aromatic heterocycles. The SMILES string of the molecule is CCCCCCCCCCCCCC[n+]1ccn(CCCC)c1CCCCCCCCCCCCC. The van der Waals surface area contributed by atoms with Gasteiger partial charge in [-0.3, -0.25) is 0 Å². The summed E-state index contributed by atoms with van der Waals surface area (Å²) in [5, 5.41) is 0. The second-order valence-electron chi connectivity index (χ2n) is 11.6. The van der Waals surface area contributed by atoms with Crippen LogP contribution in [0, 0.1) is 0 Å². The molecule has 1 aromatic rings. The van der Waals surface area contributed by atoms with Crippen molar-refractivity contribution in [3.63, 3.8) is 0 Å². The fraction of sp³-hybridized carbons (Fsp3) is 0.912. The average molecular weight is 504 g/mol. The molecule has 2 heteroatoms. The van der Waals surface area contributed by atoms with Crippen molar-refractivity contribution in [1.82, 2.24) is 4.57 Å². The Morgan fingerprint density at radius 3 is 1.31 bits per heavy atom. The minimum absolute atomic E-state index is 1.20. The van der Waals surface area contributed by atoms with Gasteiger partial charge in [0.15, 0.2) is 0 Å². The maximum atomic E-state index is 2.60. The second kappa shape index (κ2) is 25.8. The van der Waals surface area contributed by atoms with Crippen LogP contribution in [0.2, 0.25) is 0 Å². The van der Waals surface area contributed by atoms with E-state index in [4.69, 9.17) is 0 Å². The molecule has 0 fully saturated rings. The molecule has 0 unspecified atom stereocenters. The van der Waals surface area contributed by atoms with Gasteiger partial charge in [0.2, 0.25) is 0 Å². The van der Waals surface area contributed by atoms with E-state index in [0.717, 1.165) is 0 Å². The highest BCUT2D eigenvalue weighted by Crippen LogP contribution is 2.14. The lowest BCUT2D eigenvalue weighted by atomic mass is 10.0.